The first-order chi connectivity index (χ1) is 18.5. The number of aryl methyl sites for hydroxylation is 1. The number of ether oxygens (including phenoxy) is 1. The van der Waals surface area contributed by atoms with E-state index in [1.54, 1.807) is 4.57 Å². The molecule has 7 nitrogen and oxygen atoms in total. The van der Waals surface area contributed by atoms with Gasteiger partial charge in [-0.1, -0.05) is 48.0 Å². The maximum absolute atomic E-state index is 14.3. The van der Waals surface area contributed by atoms with Gasteiger partial charge in [0.1, 0.15) is 11.6 Å². The molecule has 38 heavy (non-hydrogen) atoms. The van der Waals surface area contributed by atoms with Gasteiger partial charge in [-0.25, -0.2) is 0 Å². The molecule has 0 spiro atoms. The van der Waals surface area contributed by atoms with Gasteiger partial charge in [-0.15, -0.1) is 5.11 Å². The molecule has 0 amide bonds. The minimum absolute atomic E-state index is 0.202. The van der Waals surface area contributed by atoms with E-state index in [9.17, 15) is 4.79 Å². The van der Waals surface area contributed by atoms with Crippen molar-refractivity contribution < 1.29 is 4.74 Å². The molecule has 7 heteroatoms. The maximum atomic E-state index is 14.3. The Balaban J connectivity index is 1.71. The van der Waals surface area contributed by atoms with Gasteiger partial charge in [-0.3, -0.25) is 9.36 Å². The number of likely N-dealkylation sites (N-methyl/N-ethyl adjacent to an activating group) is 1. The van der Waals surface area contributed by atoms with E-state index in [1.807, 2.05) is 92.7 Å². The average molecular weight is 508 g/mol. The highest BCUT2D eigenvalue weighted by atomic mass is 16.5. The second-order valence-corrected chi connectivity index (χ2v) is 9.52. The zero-order valence-electron chi connectivity index (χ0n) is 22.2. The third-order valence-electron chi connectivity index (χ3n) is 6.78. The van der Waals surface area contributed by atoms with Crippen LogP contribution in [0, 0.1) is 6.92 Å². The monoisotopic (exact) mass is 507 g/mol. The summed E-state index contributed by atoms with van der Waals surface area (Å²) in [5, 5.41) is 9.02. The summed E-state index contributed by atoms with van der Waals surface area (Å²) in [6.45, 7) is 8.09. The number of hydrogen-bond donors (Lipinski definition) is 0. The van der Waals surface area contributed by atoms with E-state index in [-0.39, 0.29) is 5.56 Å². The Kier molecular flexibility index (Phi) is 7.65. The van der Waals surface area contributed by atoms with Crippen molar-refractivity contribution >= 4 is 17.2 Å². The molecule has 0 atom stereocenters. The van der Waals surface area contributed by atoms with E-state index in [4.69, 9.17) is 4.74 Å². The number of nitrogens with zero attached hydrogens (tertiary/aromatic N) is 5. The first-order valence-corrected chi connectivity index (χ1v) is 13.0. The molecule has 1 aliphatic heterocycles. The molecule has 5 rings (SSSR count). The van der Waals surface area contributed by atoms with Crippen LogP contribution in [0.1, 0.15) is 12.5 Å². The lowest BCUT2D eigenvalue weighted by molar-refractivity contribution is 0.311. The van der Waals surface area contributed by atoms with Crippen LogP contribution < -0.4 is 15.2 Å². The van der Waals surface area contributed by atoms with Gasteiger partial charge in [0.2, 0.25) is 0 Å². The van der Waals surface area contributed by atoms with Gasteiger partial charge in [0.25, 0.3) is 5.56 Å². The van der Waals surface area contributed by atoms with Crippen LogP contribution in [0.3, 0.4) is 0 Å². The fourth-order valence-electron chi connectivity index (χ4n) is 4.62. The van der Waals surface area contributed by atoms with Gasteiger partial charge >= 0.3 is 0 Å². The highest BCUT2D eigenvalue weighted by Gasteiger charge is 2.23. The van der Waals surface area contributed by atoms with Crippen molar-refractivity contribution in [1.82, 2.24) is 9.47 Å². The summed E-state index contributed by atoms with van der Waals surface area (Å²) in [5.74, 6) is 1.64. The van der Waals surface area contributed by atoms with Crippen LogP contribution >= 0.6 is 0 Å². The highest BCUT2D eigenvalue weighted by Crippen LogP contribution is 2.35. The van der Waals surface area contributed by atoms with Gasteiger partial charge in [-0.2, -0.15) is 5.11 Å². The van der Waals surface area contributed by atoms with Crippen molar-refractivity contribution in [2.24, 2.45) is 10.2 Å². The minimum atomic E-state index is -0.202. The number of benzene rings is 3. The van der Waals surface area contributed by atoms with E-state index in [0.29, 0.717) is 18.0 Å². The number of pyridine rings is 1. The van der Waals surface area contributed by atoms with Crippen LogP contribution in [0.4, 0.5) is 17.2 Å². The molecule has 1 aromatic heterocycles. The van der Waals surface area contributed by atoms with Crippen LogP contribution in [0.15, 0.2) is 100.0 Å². The summed E-state index contributed by atoms with van der Waals surface area (Å²) in [7, 11) is 2.13. The van der Waals surface area contributed by atoms with E-state index in [0.717, 1.165) is 60.1 Å². The summed E-state index contributed by atoms with van der Waals surface area (Å²) in [5.41, 5.74) is 4.37. The largest absolute Gasteiger partial charge is 0.494 e. The normalized spacial score (nSPS) is 14.2. The molecule has 0 N–H and O–H groups in total. The molecule has 0 unspecified atom stereocenters. The maximum Gasteiger partial charge on any atom is 0.285 e. The standard InChI is InChI=1S/C31H33N5O2/c1-4-38-27-16-12-24(13-17-27)28-22-29(35-20-18-34(3)19-21-35)36(26-8-6-5-7-9-26)31(37)30(28)33-32-25-14-10-23(2)11-15-25/h5-17,22H,4,18-21H2,1-3H3. The van der Waals surface area contributed by atoms with Gasteiger partial charge in [0.15, 0.2) is 5.69 Å². The van der Waals surface area contributed by atoms with E-state index in [1.165, 1.54) is 0 Å². The summed E-state index contributed by atoms with van der Waals surface area (Å²) >= 11 is 0. The number of hydrogen-bond acceptors (Lipinski definition) is 6. The number of aromatic nitrogens is 1. The summed E-state index contributed by atoms with van der Waals surface area (Å²) in [6.07, 6.45) is 0. The van der Waals surface area contributed by atoms with Gasteiger partial charge in [0.05, 0.1) is 18.0 Å². The van der Waals surface area contributed by atoms with Crippen molar-refractivity contribution in [2.45, 2.75) is 13.8 Å². The minimum Gasteiger partial charge on any atom is -0.494 e. The van der Waals surface area contributed by atoms with Crippen LogP contribution in [0.25, 0.3) is 16.8 Å². The smallest absolute Gasteiger partial charge is 0.285 e. The van der Waals surface area contributed by atoms with Gasteiger partial charge in [0, 0.05) is 31.7 Å². The molecule has 0 bridgehead atoms. The fraction of sp³-hybridized carbons (Fsp3) is 0.258. The second-order valence-electron chi connectivity index (χ2n) is 9.52. The lowest BCUT2D eigenvalue weighted by atomic mass is 10.0. The molecule has 0 radical (unpaired) electrons. The first kappa shape index (κ1) is 25.4. The molecule has 2 heterocycles. The lowest BCUT2D eigenvalue weighted by Gasteiger charge is -2.35. The van der Waals surface area contributed by atoms with Crippen molar-refractivity contribution in [1.29, 1.82) is 0 Å². The molecular formula is C31H33N5O2. The Hall–Kier alpha value is -4.23. The SMILES string of the molecule is CCOc1ccc(-c2cc(N3CCN(C)CC3)n(-c3ccccc3)c(=O)c2N=Nc2ccc(C)cc2)cc1. The molecule has 1 saturated heterocycles. The Labute approximate surface area is 223 Å². The Morgan fingerprint density at radius 3 is 2.18 bits per heavy atom. The van der Waals surface area contributed by atoms with E-state index >= 15 is 0 Å². The van der Waals surface area contributed by atoms with Crippen LogP contribution in [-0.2, 0) is 0 Å². The number of para-hydroxylation sites is 1. The summed E-state index contributed by atoms with van der Waals surface area (Å²) in [6, 6.07) is 27.4. The number of rotatable bonds is 7. The van der Waals surface area contributed by atoms with Crippen LogP contribution in [-0.4, -0.2) is 49.3 Å². The zero-order chi connectivity index (χ0) is 26.5. The van der Waals surface area contributed by atoms with Gasteiger partial charge in [-0.05, 0) is 68.9 Å². The Bertz CT molecular complexity index is 1450. The zero-order valence-corrected chi connectivity index (χ0v) is 22.2. The predicted octanol–water partition coefficient (Wildman–Crippen LogP) is 6.38. The van der Waals surface area contributed by atoms with Crippen molar-refractivity contribution in [3.05, 3.63) is 101 Å². The van der Waals surface area contributed by atoms with Crippen molar-refractivity contribution in [3.8, 4) is 22.6 Å². The molecule has 194 valence electrons. The van der Waals surface area contributed by atoms with E-state index in [2.05, 4.69) is 33.1 Å². The number of azo groups is 1. The lowest BCUT2D eigenvalue weighted by Crippen LogP contribution is -2.46. The van der Waals surface area contributed by atoms with E-state index < -0.39 is 0 Å². The third-order valence-corrected chi connectivity index (χ3v) is 6.78. The average Bonchev–Trinajstić information content (AvgIpc) is 2.94. The topological polar surface area (TPSA) is 62.4 Å². The molecule has 0 saturated carbocycles. The summed E-state index contributed by atoms with van der Waals surface area (Å²) in [4.78, 5) is 18.9. The molecule has 4 aromatic rings. The molecule has 1 aliphatic rings. The molecule has 3 aromatic carbocycles. The summed E-state index contributed by atoms with van der Waals surface area (Å²) < 4.78 is 7.42. The van der Waals surface area contributed by atoms with Crippen molar-refractivity contribution in [2.75, 3.05) is 44.7 Å². The first-order valence-electron chi connectivity index (χ1n) is 13.0. The molecular weight excluding hydrogens is 474 g/mol. The molecule has 1 fully saturated rings. The van der Waals surface area contributed by atoms with Gasteiger partial charge < -0.3 is 14.5 Å². The van der Waals surface area contributed by atoms with Crippen molar-refractivity contribution in [3.63, 3.8) is 0 Å². The quantitative estimate of drug-likeness (QED) is 0.272. The Morgan fingerprint density at radius 2 is 1.53 bits per heavy atom. The predicted molar refractivity (Wildman–Crippen MR) is 154 cm³/mol. The van der Waals surface area contributed by atoms with Crippen LogP contribution in [0.5, 0.6) is 5.75 Å². The highest BCUT2D eigenvalue weighted by molar-refractivity contribution is 5.79. The number of anilines is 1. The third kappa shape index (κ3) is 5.53. The Morgan fingerprint density at radius 1 is 0.842 bits per heavy atom. The molecule has 0 aliphatic carbocycles. The fourth-order valence-corrected chi connectivity index (χ4v) is 4.62. The number of piperazine rings is 1. The van der Waals surface area contributed by atoms with Crippen LogP contribution in [0.2, 0.25) is 0 Å². The second kappa shape index (κ2) is 11.4.